The second-order valence-electron chi connectivity index (χ2n) is 7.88. The molecule has 3 aromatic heterocycles. The summed E-state index contributed by atoms with van der Waals surface area (Å²) in [6, 6.07) is 14.9. The molecule has 3 rings (SSSR count). The molecule has 0 atom stereocenters. The largest absolute Gasteiger partial charge is 0.493 e. The van der Waals surface area contributed by atoms with Gasteiger partial charge in [-0.15, -0.1) is 19.3 Å². The first kappa shape index (κ1) is 26.4. The summed E-state index contributed by atoms with van der Waals surface area (Å²) in [5.74, 6) is 7.98. The van der Waals surface area contributed by atoms with Gasteiger partial charge in [0.05, 0.1) is 48.0 Å². The summed E-state index contributed by atoms with van der Waals surface area (Å²) in [6.45, 7) is 1.24. The summed E-state index contributed by atoms with van der Waals surface area (Å²) in [5.41, 5.74) is 1.99. The first-order valence-electron chi connectivity index (χ1n) is 11.2. The first-order valence-corrected chi connectivity index (χ1v) is 11.2. The van der Waals surface area contributed by atoms with Crippen LogP contribution in [0.5, 0.6) is 5.75 Å². The summed E-state index contributed by atoms with van der Waals surface area (Å²) in [4.78, 5) is 13.6. The molecule has 0 saturated heterocycles. The minimum Gasteiger partial charge on any atom is -0.493 e. The number of terminal acetylenes is 3. The fourth-order valence-electron chi connectivity index (χ4n) is 3.35. The van der Waals surface area contributed by atoms with Crippen molar-refractivity contribution in [3.05, 3.63) is 60.9 Å². The Morgan fingerprint density at radius 2 is 1.11 bits per heavy atom. The molecule has 0 bridgehead atoms. The number of hydrogen-bond donors (Lipinski definition) is 0. The van der Waals surface area contributed by atoms with E-state index in [2.05, 4.69) is 27.7 Å². The summed E-state index contributed by atoms with van der Waals surface area (Å²) >= 11 is 0. The maximum absolute atomic E-state index is 6.30. The average Bonchev–Trinajstić information content (AvgIpc) is 2.93. The minimum absolute atomic E-state index is 0.134. The van der Waals surface area contributed by atoms with Gasteiger partial charge in [-0.25, -0.2) is 4.98 Å². The van der Waals surface area contributed by atoms with Gasteiger partial charge in [0, 0.05) is 24.5 Å². The third kappa shape index (κ3) is 7.94. The lowest BCUT2D eigenvalue weighted by Gasteiger charge is -2.32. The topological polar surface area (TPSA) is 75.6 Å². The van der Waals surface area contributed by atoms with Gasteiger partial charge in [-0.1, -0.05) is 29.9 Å². The van der Waals surface area contributed by atoms with E-state index in [0.29, 0.717) is 28.5 Å². The third-order valence-corrected chi connectivity index (χ3v) is 4.98. The van der Waals surface area contributed by atoms with Crippen LogP contribution in [0.1, 0.15) is 0 Å². The minimum atomic E-state index is -0.718. The lowest BCUT2D eigenvalue weighted by Crippen LogP contribution is -2.43. The lowest BCUT2D eigenvalue weighted by atomic mass is 9.92. The van der Waals surface area contributed by atoms with Crippen LogP contribution in [-0.4, -0.2) is 61.2 Å². The van der Waals surface area contributed by atoms with Gasteiger partial charge in [0.25, 0.3) is 0 Å². The standard InChI is InChI=1S/C29H27N3O4/c1-4-15-33-20-29(21-34-16-5-2,22-35-17-6-3)23-36-24-18-27(25-11-7-9-13-30-25)32-28(19-24)26-12-8-10-14-31-26/h1-3,7-14,18-19H,15-17,20-23H2. The van der Waals surface area contributed by atoms with Gasteiger partial charge >= 0.3 is 0 Å². The van der Waals surface area contributed by atoms with E-state index in [-0.39, 0.29) is 46.2 Å². The maximum atomic E-state index is 6.30. The molecule has 0 spiro atoms. The van der Waals surface area contributed by atoms with Crippen LogP contribution in [0.25, 0.3) is 22.8 Å². The van der Waals surface area contributed by atoms with Crippen LogP contribution in [0.2, 0.25) is 0 Å². The van der Waals surface area contributed by atoms with Crippen LogP contribution in [0.4, 0.5) is 0 Å². The van der Waals surface area contributed by atoms with Gasteiger partial charge in [-0.05, 0) is 24.3 Å². The Balaban J connectivity index is 1.92. The van der Waals surface area contributed by atoms with Crippen LogP contribution in [-0.2, 0) is 14.2 Å². The van der Waals surface area contributed by atoms with Crippen LogP contribution < -0.4 is 4.74 Å². The van der Waals surface area contributed by atoms with Crippen molar-refractivity contribution in [1.82, 2.24) is 15.0 Å². The average molecular weight is 482 g/mol. The summed E-state index contributed by atoms with van der Waals surface area (Å²) in [6.07, 6.45) is 19.5. The molecule has 0 amide bonds. The van der Waals surface area contributed by atoms with Crippen LogP contribution in [0, 0.1) is 42.4 Å². The molecule has 0 aromatic carbocycles. The molecule has 0 aliphatic carbocycles. The highest BCUT2D eigenvalue weighted by atomic mass is 16.5. The Morgan fingerprint density at radius 3 is 1.50 bits per heavy atom. The van der Waals surface area contributed by atoms with Crippen molar-refractivity contribution in [3.8, 4) is 65.6 Å². The number of nitrogens with zero attached hydrogens (tertiary/aromatic N) is 3. The van der Waals surface area contributed by atoms with E-state index in [1.54, 1.807) is 12.4 Å². The molecular weight excluding hydrogens is 454 g/mol. The van der Waals surface area contributed by atoms with Gasteiger partial charge in [0.2, 0.25) is 0 Å². The van der Waals surface area contributed by atoms with Gasteiger partial charge in [0.1, 0.15) is 32.2 Å². The van der Waals surface area contributed by atoms with Gasteiger partial charge in [-0.2, -0.15) is 0 Å². The van der Waals surface area contributed by atoms with E-state index < -0.39 is 5.41 Å². The smallest absolute Gasteiger partial charge is 0.123 e. The van der Waals surface area contributed by atoms with Crippen molar-refractivity contribution in [2.45, 2.75) is 0 Å². The Kier molecular flexibility index (Phi) is 10.5. The van der Waals surface area contributed by atoms with Crippen molar-refractivity contribution in [2.24, 2.45) is 5.41 Å². The quantitative estimate of drug-likeness (QED) is 0.258. The zero-order valence-corrected chi connectivity index (χ0v) is 19.9. The van der Waals surface area contributed by atoms with E-state index in [4.69, 9.17) is 43.2 Å². The predicted octanol–water partition coefficient (Wildman–Crippen LogP) is 3.52. The first-order chi connectivity index (χ1) is 17.7. The van der Waals surface area contributed by atoms with Crippen LogP contribution >= 0.6 is 0 Å². The number of aromatic nitrogens is 3. The Bertz CT molecular complexity index is 1100. The molecule has 36 heavy (non-hydrogen) atoms. The second-order valence-corrected chi connectivity index (χ2v) is 7.88. The summed E-state index contributed by atoms with van der Waals surface area (Å²) in [5, 5.41) is 0. The normalized spacial score (nSPS) is 10.7. The molecule has 0 N–H and O–H groups in total. The number of hydrogen-bond acceptors (Lipinski definition) is 7. The Labute approximate surface area is 212 Å². The molecule has 7 heteroatoms. The van der Waals surface area contributed by atoms with E-state index in [9.17, 15) is 0 Å². The molecule has 0 radical (unpaired) electrons. The van der Waals surface area contributed by atoms with Crippen molar-refractivity contribution in [3.63, 3.8) is 0 Å². The SMILES string of the molecule is C#CCOCC(COCC#C)(COCC#C)COc1cc(-c2ccccn2)nc(-c2ccccn2)c1. The molecule has 3 aromatic rings. The Hall–Kier alpha value is -4.19. The summed E-state index contributed by atoms with van der Waals surface area (Å²) < 4.78 is 23.3. The summed E-state index contributed by atoms with van der Waals surface area (Å²) in [7, 11) is 0. The van der Waals surface area contributed by atoms with Crippen molar-refractivity contribution in [1.29, 1.82) is 0 Å². The highest BCUT2D eigenvalue weighted by Gasteiger charge is 2.33. The number of rotatable bonds is 14. The van der Waals surface area contributed by atoms with E-state index in [1.807, 2.05) is 48.5 Å². The van der Waals surface area contributed by atoms with Crippen LogP contribution in [0.3, 0.4) is 0 Å². The fourth-order valence-corrected chi connectivity index (χ4v) is 3.35. The molecule has 0 aliphatic rings. The molecule has 0 saturated carbocycles. The maximum Gasteiger partial charge on any atom is 0.123 e. The molecule has 182 valence electrons. The predicted molar refractivity (Wildman–Crippen MR) is 138 cm³/mol. The Morgan fingerprint density at radius 1 is 0.639 bits per heavy atom. The van der Waals surface area contributed by atoms with Crippen molar-refractivity contribution < 1.29 is 18.9 Å². The molecular formula is C29H27N3O4. The molecule has 7 nitrogen and oxygen atoms in total. The van der Waals surface area contributed by atoms with Gasteiger partial charge in [0.15, 0.2) is 0 Å². The second kappa shape index (κ2) is 14.3. The highest BCUT2D eigenvalue weighted by molar-refractivity contribution is 5.64. The zero-order valence-electron chi connectivity index (χ0n) is 19.9. The number of pyridine rings is 3. The molecule has 0 fully saturated rings. The van der Waals surface area contributed by atoms with E-state index >= 15 is 0 Å². The highest BCUT2D eigenvalue weighted by Crippen LogP contribution is 2.29. The van der Waals surface area contributed by atoms with Gasteiger partial charge in [-0.3, -0.25) is 9.97 Å². The number of ether oxygens (including phenoxy) is 4. The van der Waals surface area contributed by atoms with Crippen LogP contribution in [0.15, 0.2) is 60.9 Å². The van der Waals surface area contributed by atoms with E-state index in [1.165, 1.54) is 0 Å². The monoisotopic (exact) mass is 481 g/mol. The zero-order chi connectivity index (χ0) is 25.5. The molecule has 3 heterocycles. The van der Waals surface area contributed by atoms with Crippen molar-refractivity contribution in [2.75, 3.05) is 46.2 Å². The molecule has 0 aliphatic heterocycles. The van der Waals surface area contributed by atoms with Crippen molar-refractivity contribution >= 4 is 0 Å². The van der Waals surface area contributed by atoms with E-state index in [0.717, 1.165) is 0 Å². The third-order valence-electron chi connectivity index (χ3n) is 4.98. The lowest BCUT2D eigenvalue weighted by molar-refractivity contribution is -0.0752. The van der Waals surface area contributed by atoms with Gasteiger partial charge < -0.3 is 18.9 Å². The fraction of sp³-hybridized carbons (Fsp3) is 0.276. The molecule has 0 unspecified atom stereocenters.